The second-order valence-corrected chi connectivity index (χ2v) is 7.16. The predicted octanol–water partition coefficient (Wildman–Crippen LogP) is 2.28. The molecule has 4 rings (SSSR count). The Bertz CT molecular complexity index is 941. The van der Waals surface area contributed by atoms with Gasteiger partial charge in [-0.1, -0.05) is 30.3 Å². The molecular weight excluding hydrogens is 384 g/mol. The molecule has 2 aliphatic rings. The highest BCUT2D eigenvalue weighted by Gasteiger charge is 2.40. The van der Waals surface area contributed by atoms with Crippen molar-refractivity contribution in [2.75, 3.05) is 26.1 Å². The molecule has 2 heterocycles. The Morgan fingerprint density at radius 3 is 2.47 bits per heavy atom. The third-order valence-corrected chi connectivity index (χ3v) is 5.23. The SMILES string of the molecule is COc1cc(NC(=O)CN2C=CN3NC(c4ccccc4)CC3C2=O)cc(OC)c1. The van der Waals surface area contributed by atoms with Crippen LogP contribution in [0.2, 0.25) is 0 Å². The number of methoxy groups -OCH3 is 2. The molecule has 0 saturated carbocycles. The molecule has 0 aliphatic carbocycles. The van der Waals surface area contributed by atoms with Crippen LogP contribution in [0.1, 0.15) is 18.0 Å². The van der Waals surface area contributed by atoms with Crippen LogP contribution in [0.3, 0.4) is 0 Å². The van der Waals surface area contributed by atoms with Crippen LogP contribution in [0, 0.1) is 0 Å². The van der Waals surface area contributed by atoms with E-state index in [1.54, 1.807) is 44.8 Å². The first-order chi connectivity index (χ1) is 14.6. The number of nitrogens with zero attached hydrogens (tertiary/aromatic N) is 2. The molecule has 2 aliphatic heterocycles. The van der Waals surface area contributed by atoms with Crippen molar-refractivity contribution in [3.63, 3.8) is 0 Å². The molecular formula is C22H24N4O4. The van der Waals surface area contributed by atoms with Crippen LogP contribution in [0.4, 0.5) is 5.69 Å². The van der Waals surface area contributed by atoms with E-state index in [-0.39, 0.29) is 30.4 Å². The number of hydrogen-bond donors (Lipinski definition) is 2. The molecule has 1 fully saturated rings. The fourth-order valence-electron chi connectivity index (χ4n) is 3.70. The van der Waals surface area contributed by atoms with E-state index in [1.165, 1.54) is 4.90 Å². The molecule has 156 valence electrons. The number of hydrogen-bond acceptors (Lipinski definition) is 6. The number of nitrogens with one attached hydrogen (secondary N) is 2. The maximum absolute atomic E-state index is 12.9. The molecule has 0 aromatic heterocycles. The van der Waals surface area contributed by atoms with E-state index >= 15 is 0 Å². The van der Waals surface area contributed by atoms with E-state index < -0.39 is 0 Å². The average Bonchev–Trinajstić information content (AvgIpc) is 3.21. The number of ether oxygens (including phenoxy) is 2. The summed E-state index contributed by atoms with van der Waals surface area (Å²) in [7, 11) is 3.09. The summed E-state index contributed by atoms with van der Waals surface area (Å²) in [5.41, 5.74) is 5.02. The van der Waals surface area contributed by atoms with E-state index in [0.29, 0.717) is 23.6 Å². The lowest BCUT2D eigenvalue weighted by molar-refractivity contribution is -0.137. The molecule has 0 bridgehead atoms. The normalized spacial score (nSPS) is 20.1. The number of carbonyl (C=O) groups excluding carboxylic acids is 2. The summed E-state index contributed by atoms with van der Waals surface area (Å²) in [4.78, 5) is 26.9. The van der Waals surface area contributed by atoms with E-state index in [1.807, 2.05) is 35.3 Å². The van der Waals surface area contributed by atoms with Crippen molar-refractivity contribution in [2.45, 2.75) is 18.5 Å². The van der Waals surface area contributed by atoms with E-state index in [0.717, 1.165) is 5.56 Å². The standard InChI is InChI=1S/C22H24N4O4/c1-29-17-10-16(11-18(12-17)30-2)23-21(27)14-25-8-9-26-20(22(25)28)13-19(24-26)15-6-4-3-5-7-15/h3-12,19-20,24H,13-14H2,1-2H3,(H,23,27). The van der Waals surface area contributed by atoms with Gasteiger partial charge in [-0.05, 0) is 12.0 Å². The minimum absolute atomic E-state index is 0.0582. The molecule has 8 heteroatoms. The van der Waals surface area contributed by atoms with Crippen molar-refractivity contribution in [3.8, 4) is 11.5 Å². The first kappa shape index (κ1) is 19.8. The third-order valence-electron chi connectivity index (χ3n) is 5.23. The number of benzene rings is 2. The lowest BCUT2D eigenvalue weighted by Gasteiger charge is -2.31. The molecule has 2 amide bonds. The van der Waals surface area contributed by atoms with Crippen LogP contribution in [0.15, 0.2) is 60.9 Å². The Labute approximate surface area is 175 Å². The number of fused-ring (bicyclic) bond motifs is 1. The molecule has 2 unspecified atom stereocenters. The van der Waals surface area contributed by atoms with Gasteiger partial charge in [0.1, 0.15) is 24.1 Å². The maximum Gasteiger partial charge on any atom is 0.251 e. The lowest BCUT2D eigenvalue weighted by atomic mass is 10.0. The van der Waals surface area contributed by atoms with Crippen LogP contribution >= 0.6 is 0 Å². The molecule has 2 atom stereocenters. The average molecular weight is 408 g/mol. The Kier molecular flexibility index (Phi) is 5.58. The van der Waals surface area contributed by atoms with Crippen molar-refractivity contribution in [3.05, 3.63) is 66.5 Å². The quantitative estimate of drug-likeness (QED) is 0.763. The van der Waals surface area contributed by atoms with Crippen LogP contribution in [-0.4, -0.2) is 48.5 Å². The fraction of sp³-hybridized carbons (Fsp3) is 0.273. The molecule has 8 nitrogen and oxygen atoms in total. The van der Waals surface area contributed by atoms with Crippen LogP contribution in [0.5, 0.6) is 11.5 Å². The molecule has 2 aromatic carbocycles. The number of anilines is 1. The molecule has 2 aromatic rings. The maximum atomic E-state index is 12.9. The zero-order chi connectivity index (χ0) is 21.1. The Balaban J connectivity index is 1.40. The Hall–Kier alpha value is -3.52. The van der Waals surface area contributed by atoms with Gasteiger partial charge < -0.3 is 24.7 Å². The molecule has 0 radical (unpaired) electrons. The van der Waals surface area contributed by atoms with Gasteiger partial charge in [-0.3, -0.25) is 9.59 Å². The highest BCUT2D eigenvalue weighted by atomic mass is 16.5. The highest BCUT2D eigenvalue weighted by molar-refractivity contribution is 5.96. The third kappa shape index (κ3) is 4.08. The van der Waals surface area contributed by atoms with Gasteiger partial charge in [0.15, 0.2) is 0 Å². The van der Waals surface area contributed by atoms with Crippen molar-refractivity contribution in [1.29, 1.82) is 0 Å². The van der Waals surface area contributed by atoms with Gasteiger partial charge in [0.2, 0.25) is 5.91 Å². The Morgan fingerprint density at radius 2 is 1.80 bits per heavy atom. The van der Waals surface area contributed by atoms with Crippen LogP contribution in [0.25, 0.3) is 0 Å². The van der Waals surface area contributed by atoms with Crippen molar-refractivity contribution in [1.82, 2.24) is 15.3 Å². The van der Waals surface area contributed by atoms with Crippen molar-refractivity contribution >= 4 is 17.5 Å². The second kappa shape index (κ2) is 8.46. The zero-order valence-electron chi connectivity index (χ0n) is 16.9. The second-order valence-electron chi connectivity index (χ2n) is 7.16. The largest absolute Gasteiger partial charge is 0.497 e. The van der Waals surface area contributed by atoms with Gasteiger partial charge in [-0.15, -0.1) is 0 Å². The van der Waals surface area contributed by atoms with Gasteiger partial charge >= 0.3 is 0 Å². The summed E-state index contributed by atoms with van der Waals surface area (Å²) in [5.74, 6) is 0.723. The first-order valence-electron chi connectivity index (χ1n) is 9.68. The van der Waals surface area contributed by atoms with E-state index in [4.69, 9.17) is 9.47 Å². The smallest absolute Gasteiger partial charge is 0.251 e. The summed E-state index contributed by atoms with van der Waals surface area (Å²) in [6.07, 6.45) is 4.07. The lowest BCUT2D eigenvalue weighted by Crippen LogP contribution is -2.49. The van der Waals surface area contributed by atoms with Crippen molar-refractivity contribution in [2.24, 2.45) is 0 Å². The van der Waals surface area contributed by atoms with E-state index in [2.05, 4.69) is 10.7 Å². The molecule has 2 N–H and O–H groups in total. The zero-order valence-corrected chi connectivity index (χ0v) is 16.9. The Morgan fingerprint density at radius 1 is 1.10 bits per heavy atom. The molecule has 30 heavy (non-hydrogen) atoms. The number of amides is 2. The predicted molar refractivity (Wildman–Crippen MR) is 112 cm³/mol. The topological polar surface area (TPSA) is 83.1 Å². The van der Waals surface area contributed by atoms with Gasteiger partial charge in [0.25, 0.3) is 5.91 Å². The summed E-state index contributed by atoms with van der Waals surface area (Å²) in [6, 6.07) is 14.8. The summed E-state index contributed by atoms with van der Waals surface area (Å²) >= 11 is 0. The van der Waals surface area contributed by atoms with Gasteiger partial charge in [-0.25, -0.2) is 5.43 Å². The van der Waals surface area contributed by atoms with Gasteiger partial charge in [0, 0.05) is 36.3 Å². The number of hydrazine groups is 1. The monoisotopic (exact) mass is 408 g/mol. The summed E-state index contributed by atoms with van der Waals surface area (Å²) < 4.78 is 10.4. The van der Waals surface area contributed by atoms with E-state index in [9.17, 15) is 9.59 Å². The van der Waals surface area contributed by atoms with Crippen LogP contribution in [-0.2, 0) is 9.59 Å². The first-order valence-corrected chi connectivity index (χ1v) is 9.68. The highest BCUT2D eigenvalue weighted by Crippen LogP contribution is 2.31. The van der Waals surface area contributed by atoms with Crippen LogP contribution < -0.4 is 20.2 Å². The fourth-order valence-corrected chi connectivity index (χ4v) is 3.70. The summed E-state index contributed by atoms with van der Waals surface area (Å²) in [6.45, 7) is -0.0742. The van der Waals surface area contributed by atoms with Gasteiger partial charge in [0.05, 0.1) is 20.3 Å². The number of carbonyl (C=O) groups is 2. The molecule has 0 spiro atoms. The summed E-state index contributed by atoms with van der Waals surface area (Å²) in [5, 5.41) is 4.62. The van der Waals surface area contributed by atoms with Gasteiger partial charge in [-0.2, -0.15) is 0 Å². The minimum atomic E-state index is -0.343. The minimum Gasteiger partial charge on any atom is -0.497 e. The number of rotatable bonds is 6. The molecule has 1 saturated heterocycles. The van der Waals surface area contributed by atoms with Crippen molar-refractivity contribution < 1.29 is 19.1 Å².